The van der Waals surface area contributed by atoms with Gasteiger partial charge in [-0.05, 0) is 83.2 Å². The van der Waals surface area contributed by atoms with Gasteiger partial charge in [-0.25, -0.2) is 0 Å². The fourth-order valence-electron chi connectivity index (χ4n) is 7.21. The molecule has 7 nitrogen and oxygen atoms in total. The number of carbonyl (C=O) groups excluding carboxylic acids is 2. The first-order valence-electron chi connectivity index (χ1n) is 14.7. The maximum atomic E-state index is 13.9. The molecule has 212 valence electrons. The van der Waals surface area contributed by atoms with Gasteiger partial charge in [-0.15, -0.1) is 0 Å². The Morgan fingerprint density at radius 1 is 1.03 bits per heavy atom. The third kappa shape index (κ3) is 4.77. The lowest BCUT2D eigenvalue weighted by molar-refractivity contribution is -0.124. The van der Waals surface area contributed by atoms with Crippen LogP contribution in [-0.2, 0) is 16.0 Å². The van der Waals surface area contributed by atoms with E-state index in [-0.39, 0.29) is 18.2 Å². The van der Waals surface area contributed by atoms with Crippen LogP contribution < -0.4 is 9.47 Å². The lowest BCUT2D eigenvalue weighted by atomic mass is 9.80. The number of methoxy groups -OCH3 is 1. The van der Waals surface area contributed by atoms with Crippen LogP contribution >= 0.6 is 0 Å². The van der Waals surface area contributed by atoms with E-state index in [1.165, 1.54) is 0 Å². The summed E-state index contributed by atoms with van der Waals surface area (Å²) in [6, 6.07) is 0.632. The van der Waals surface area contributed by atoms with E-state index in [2.05, 4.69) is 32.6 Å². The SMILES string of the molecule is CCN(CC)C1CCC(C2(C)Oc3c(C)c4c(c(C)c3O2)C(=O)N(CC2=C(OC)C=C(C)CC2=O)CC4)CC1. The zero-order chi connectivity index (χ0) is 28.1. The number of allylic oxidation sites excluding steroid dienone is 2. The number of hydrogen-bond donors (Lipinski definition) is 0. The zero-order valence-electron chi connectivity index (χ0n) is 24.7. The van der Waals surface area contributed by atoms with Crippen LogP contribution in [0, 0.1) is 19.8 Å². The van der Waals surface area contributed by atoms with Gasteiger partial charge in [-0.1, -0.05) is 19.4 Å². The van der Waals surface area contributed by atoms with Crippen molar-refractivity contribution in [3.63, 3.8) is 0 Å². The molecule has 5 rings (SSSR count). The molecule has 1 unspecified atom stereocenters. The minimum absolute atomic E-state index is 0.0236. The molecule has 1 amide bonds. The van der Waals surface area contributed by atoms with Gasteiger partial charge in [0.25, 0.3) is 11.7 Å². The van der Waals surface area contributed by atoms with Gasteiger partial charge in [-0.2, -0.15) is 0 Å². The molecule has 4 aliphatic rings. The molecular formula is C32H44N2O5. The first-order valence-corrected chi connectivity index (χ1v) is 14.7. The predicted octanol–water partition coefficient (Wildman–Crippen LogP) is 5.51. The van der Waals surface area contributed by atoms with Gasteiger partial charge < -0.3 is 24.0 Å². The number of fused-ring (bicyclic) bond motifs is 2. The molecule has 0 radical (unpaired) electrons. The third-order valence-corrected chi connectivity index (χ3v) is 9.55. The summed E-state index contributed by atoms with van der Waals surface area (Å²) in [4.78, 5) is 31.1. The minimum Gasteiger partial charge on any atom is -0.496 e. The lowest BCUT2D eigenvalue weighted by Gasteiger charge is -2.40. The van der Waals surface area contributed by atoms with Crippen LogP contribution in [0.25, 0.3) is 0 Å². The summed E-state index contributed by atoms with van der Waals surface area (Å²) >= 11 is 0. The van der Waals surface area contributed by atoms with E-state index in [1.807, 2.05) is 19.9 Å². The summed E-state index contributed by atoms with van der Waals surface area (Å²) in [5.74, 6) is 1.61. The Morgan fingerprint density at radius 2 is 1.67 bits per heavy atom. The van der Waals surface area contributed by atoms with E-state index >= 15 is 0 Å². The minimum atomic E-state index is -0.727. The molecule has 0 bridgehead atoms. The maximum Gasteiger partial charge on any atom is 0.254 e. The third-order valence-electron chi connectivity index (χ3n) is 9.55. The van der Waals surface area contributed by atoms with Crippen LogP contribution in [0.15, 0.2) is 23.0 Å². The quantitative estimate of drug-likeness (QED) is 0.458. The summed E-state index contributed by atoms with van der Waals surface area (Å²) in [7, 11) is 1.58. The smallest absolute Gasteiger partial charge is 0.254 e. The molecule has 0 aromatic heterocycles. The number of nitrogens with zero attached hydrogens (tertiary/aromatic N) is 2. The molecule has 2 heterocycles. The van der Waals surface area contributed by atoms with Crippen LogP contribution in [-0.4, -0.2) is 66.6 Å². The lowest BCUT2D eigenvalue weighted by Crippen LogP contribution is -2.47. The average molecular weight is 537 g/mol. The molecule has 1 atom stereocenters. The highest BCUT2D eigenvalue weighted by atomic mass is 16.7. The first kappa shape index (κ1) is 27.8. The Hall–Kier alpha value is -2.80. The Balaban J connectivity index is 1.38. The summed E-state index contributed by atoms with van der Waals surface area (Å²) in [5.41, 5.74) is 5.13. The topological polar surface area (TPSA) is 68.3 Å². The number of Topliss-reactive ketones (excluding diaryl/α,β-unsaturated/α-hetero) is 1. The number of benzene rings is 1. The monoisotopic (exact) mass is 536 g/mol. The van der Waals surface area contributed by atoms with E-state index in [9.17, 15) is 9.59 Å². The number of hydrogen-bond acceptors (Lipinski definition) is 6. The highest BCUT2D eigenvalue weighted by molar-refractivity contribution is 6.03. The average Bonchev–Trinajstić information content (AvgIpc) is 3.30. The Kier molecular flexibility index (Phi) is 7.57. The summed E-state index contributed by atoms with van der Waals surface area (Å²) in [6.07, 6.45) is 7.42. The van der Waals surface area contributed by atoms with Gasteiger partial charge in [-0.3, -0.25) is 9.59 Å². The molecule has 0 saturated heterocycles. The molecule has 1 fully saturated rings. The van der Waals surface area contributed by atoms with Gasteiger partial charge >= 0.3 is 0 Å². The molecule has 2 aliphatic carbocycles. The fraction of sp³-hybridized carbons (Fsp3) is 0.625. The van der Waals surface area contributed by atoms with E-state index < -0.39 is 5.79 Å². The van der Waals surface area contributed by atoms with Gasteiger partial charge in [0.05, 0.1) is 19.2 Å². The number of ether oxygens (including phenoxy) is 3. The maximum absolute atomic E-state index is 13.9. The van der Waals surface area contributed by atoms with Crippen LogP contribution in [0.2, 0.25) is 0 Å². The second kappa shape index (κ2) is 10.6. The molecule has 0 spiro atoms. The highest BCUT2D eigenvalue weighted by Gasteiger charge is 2.48. The van der Waals surface area contributed by atoms with E-state index in [4.69, 9.17) is 14.2 Å². The van der Waals surface area contributed by atoms with Crippen molar-refractivity contribution >= 4 is 11.7 Å². The van der Waals surface area contributed by atoms with Gasteiger partial charge in [0.15, 0.2) is 17.3 Å². The van der Waals surface area contributed by atoms with Crippen molar-refractivity contribution in [1.82, 2.24) is 9.80 Å². The van der Waals surface area contributed by atoms with E-state index in [0.717, 1.165) is 66.8 Å². The molecule has 1 aromatic carbocycles. The fourth-order valence-corrected chi connectivity index (χ4v) is 7.21. The van der Waals surface area contributed by atoms with Crippen molar-refractivity contribution in [2.24, 2.45) is 5.92 Å². The number of ketones is 1. The summed E-state index contributed by atoms with van der Waals surface area (Å²) in [6.45, 7) is 15.5. The second-order valence-electron chi connectivity index (χ2n) is 11.8. The predicted molar refractivity (Wildman–Crippen MR) is 151 cm³/mol. The number of carbonyl (C=O) groups is 2. The summed E-state index contributed by atoms with van der Waals surface area (Å²) < 4.78 is 18.8. The van der Waals surface area contributed by atoms with Crippen LogP contribution in [0.4, 0.5) is 0 Å². The first-order chi connectivity index (χ1) is 18.6. The normalized spacial score (nSPS) is 26.8. The van der Waals surface area contributed by atoms with Crippen molar-refractivity contribution in [1.29, 1.82) is 0 Å². The van der Waals surface area contributed by atoms with Crippen LogP contribution in [0.3, 0.4) is 0 Å². The van der Waals surface area contributed by atoms with Gasteiger partial charge in [0.2, 0.25) is 0 Å². The van der Waals surface area contributed by atoms with E-state index in [0.29, 0.717) is 54.0 Å². The molecule has 1 aromatic rings. The Labute approximate surface area is 233 Å². The molecule has 2 aliphatic heterocycles. The molecular weight excluding hydrogens is 492 g/mol. The van der Waals surface area contributed by atoms with Crippen molar-refractivity contribution in [2.45, 2.75) is 91.9 Å². The molecule has 39 heavy (non-hydrogen) atoms. The van der Waals surface area contributed by atoms with Crippen molar-refractivity contribution < 1.29 is 23.8 Å². The standard InChI is InChI=1S/C32H44N2O5/c1-8-33(9-2)23-12-10-22(11-13-23)32(6)38-29-20(4)24-14-15-34(31(36)28(24)21(5)30(29)39-32)18-25-26(35)16-19(3)17-27(25)37-7/h17,22-23H,8-16,18H2,1-7H3. The molecule has 0 N–H and O–H groups in total. The zero-order valence-corrected chi connectivity index (χ0v) is 24.7. The van der Waals surface area contributed by atoms with Crippen molar-refractivity contribution in [3.05, 3.63) is 45.2 Å². The molecule has 7 heteroatoms. The van der Waals surface area contributed by atoms with Crippen molar-refractivity contribution in [2.75, 3.05) is 33.3 Å². The Morgan fingerprint density at radius 3 is 2.28 bits per heavy atom. The molecule has 1 saturated carbocycles. The van der Waals surface area contributed by atoms with Gasteiger partial charge in [0, 0.05) is 43.0 Å². The van der Waals surface area contributed by atoms with Gasteiger partial charge in [0.1, 0.15) is 5.76 Å². The van der Waals surface area contributed by atoms with Crippen molar-refractivity contribution in [3.8, 4) is 11.5 Å². The second-order valence-corrected chi connectivity index (χ2v) is 11.8. The largest absolute Gasteiger partial charge is 0.496 e. The number of amides is 1. The van der Waals surface area contributed by atoms with Crippen LogP contribution in [0.1, 0.15) is 86.8 Å². The number of rotatable bonds is 7. The van der Waals surface area contributed by atoms with Crippen LogP contribution in [0.5, 0.6) is 11.5 Å². The summed E-state index contributed by atoms with van der Waals surface area (Å²) in [5, 5.41) is 0. The van der Waals surface area contributed by atoms with E-state index in [1.54, 1.807) is 12.0 Å². The highest BCUT2D eigenvalue weighted by Crippen LogP contribution is 2.52. The Bertz CT molecular complexity index is 1240.